The van der Waals surface area contributed by atoms with Crippen molar-refractivity contribution in [2.24, 2.45) is 0 Å². The van der Waals surface area contributed by atoms with Crippen LogP contribution in [0.25, 0.3) is 0 Å². The van der Waals surface area contributed by atoms with Crippen LogP contribution in [0.2, 0.25) is 0 Å². The first-order chi connectivity index (χ1) is 12.4. The van der Waals surface area contributed by atoms with E-state index in [9.17, 15) is 13.2 Å². The van der Waals surface area contributed by atoms with Gasteiger partial charge >= 0.3 is 0 Å². The Morgan fingerprint density at radius 3 is 2.58 bits per heavy atom. The maximum Gasteiger partial charge on any atom is 0.243 e. The van der Waals surface area contributed by atoms with E-state index in [0.29, 0.717) is 25.3 Å². The van der Waals surface area contributed by atoms with E-state index < -0.39 is 16.1 Å². The van der Waals surface area contributed by atoms with Gasteiger partial charge in [-0.3, -0.25) is 4.79 Å². The molecule has 0 radical (unpaired) electrons. The maximum atomic E-state index is 13.0. The molecule has 1 atom stereocenters. The van der Waals surface area contributed by atoms with E-state index in [1.165, 1.54) is 4.31 Å². The Bertz CT molecular complexity index is 861. The fourth-order valence-corrected chi connectivity index (χ4v) is 4.98. The lowest BCUT2D eigenvalue weighted by atomic mass is 10.0. The summed E-state index contributed by atoms with van der Waals surface area (Å²) in [5.74, 6) is 1.27. The molecule has 1 saturated heterocycles. The number of aryl methyl sites for hydroxylation is 1. The van der Waals surface area contributed by atoms with Crippen molar-refractivity contribution in [3.63, 3.8) is 0 Å². The lowest BCUT2D eigenvalue weighted by molar-refractivity contribution is -0.135. The average Bonchev–Trinajstić information content (AvgIpc) is 3.06. The molecule has 0 bridgehead atoms. The van der Waals surface area contributed by atoms with E-state index in [1.54, 1.807) is 42.3 Å². The van der Waals surface area contributed by atoms with Gasteiger partial charge in [0, 0.05) is 13.6 Å². The fourth-order valence-electron chi connectivity index (χ4n) is 3.30. The number of benzene rings is 1. The van der Waals surface area contributed by atoms with Crippen molar-refractivity contribution in [1.82, 2.24) is 9.21 Å². The van der Waals surface area contributed by atoms with Crippen molar-refractivity contribution in [3.8, 4) is 0 Å². The first-order valence-corrected chi connectivity index (χ1v) is 10.2. The first-order valence-electron chi connectivity index (χ1n) is 8.77. The molecule has 1 aliphatic heterocycles. The Labute approximate surface area is 154 Å². The maximum absolute atomic E-state index is 13.0. The van der Waals surface area contributed by atoms with Crippen LogP contribution in [0.1, 0.15) is 30.8 Å². The molecule has 1 fully saturated rings. The van der Waals surface area contributed by atoms with E-state index in [-0.39, 0.29) is 10.8 Å². The van der Waals surface area contributed by atoms with Crippen LogP contribution in [0.4, 0.5) is 0 Å². The number of carbonyl (C=O) groups excluding carboxylic acids is 1. The summed E-state index contributed by atoms with van der Waals surface area (Å²) in [6.45, 7) is 2.53. The molecule has 1 aromatic carbocycles. The van der Waals surface area contributed by atoms with Crippen LogP contribution in [-0.2, 0) is 21.4 Å². The summed E-state index contributed by atoms with van der Waals surface area (Å²) in [6, 6.07) is 11.3. The number of piperidine rings is 1. The number of nitrogens with zero attached hydrogens (tertiary/aromatic N) is 2. The largest absolute Gasteiger partial charge is 0.464 e. The van der Waals surface area contributed by atoms with E-state index in [2.05, 4.69) is 0 Å². The first kappa shape index (κ1) is 18.7. The smallest absolute Gasteiger partial charge is 0.243 e. The second-order valence-corrected chi connectivity index (χ2v) is 8.54. The molecule has 0 saturated carbocycles. The van der Waals surface area contributed by atoms with Gasteiger partial charge < -0.3 is 9.32 Å². The van der Waals surface area contributed by atoms with Gasteiger partial charge in [0.1, 0.15) is 17.6 Å². The normalized spacial score (nSPS) is 18.6. The second-order valence-electron chi connectivity index (χ2n) is 6.65. The fraction of sp³-hybridized carbons (Fsp3) is 0.421. The number of carbonyl (C=O) groups is 1. The van der Waals surface area contributed by atoms with Gasteiger partial charge in [-0.15, -0.1) is 0 Å². The highest BCUT2D eigenvalue weighted by Crippen LogP contribution is 2.26. The quantitative estimate of drug-likeness (QED) is 0.804. The molecule has 3 rings (SSSR count). The number of rotatable bonds is 5. The summed E-state index contributed by atoms with van der Waals surface area (Å²) in [6.07, 6.45) is 2.13. The number of amides is 1. The monoisotopic (exact) mass is 376 g/mol. The molecule has 0 aliphatic carbocycles. The number of hydrogen-bond donors (Lipinski definition) is 0. The Balaban J connectivity index is 1.81. The molecule has 2 heterocycles. The van der Waals surface area contributed by atoms with E-state index in [0.717, 1.165) is 18.6 Å². The topological polar surface area (TPSA) is 70.8 Å². The summed E-state index contributed by atoms with van der Waals surface area (Å²) in [5, 5.41) is 0. The number of furan rings is 1. The standard InChI is InChI=1S/C19H24N2O4S/c1-15-11-12-16(25-15)14-20(2)19(22)18-10-6-7-13-21(18)26(23,24)17-8-4-3-5-9-17/h3-5,8-9,11-12,18H,6-7,10,13-14H2,1-2H3. The van der Waals surface area contributed by atoms with Crippen LogP contribution in [-0.4, -0.2) is 43.2 Å². The highest BCUT2D eigenvalue weighted by Gasteiger charge is 2.38. The SMILES string of the molecule is Cc1ccc(CN(C)C(=O)C2CCCCN2S(=O)(=O)c2ccccc2)o1. The average molecular weight is 376 g/mol. The molecule has 1 aliphatic rings. The van der Waals surface area contributed by atoms with Gasteiger partial charge in [-0.2, -0.15) is 4.31 Å². The van der Waals surface area contributed by atoms with Crippen molar-refractivity contribution in [1.29, 1.82) is 0 Å². The zero-order chi connectivity index (χ0) is 18.7. The number of sulfonamides is 1. The second kappa shape index (κ2) is 7.63. The summed E-state index contributed by atoms with van der Waals surface area (Å²) in [7, 11) is -2.01. The number of hydrogen-bond acceptors (Lipinski definition) is 4. The molecule has 1 aromatic heterocycles. The van der Waals surface area contributed by atoms with E-state index in [4.69, 9.17) is 4.42 Å². The Hall–Kier alpha value is -2.12. The van der Waals surface area contributed by atoms with Crippen molar-refractivity contribution >= 4 is 15.9 Å². The lowest BCUT2D eigenvalue weighted by Gasteiger charge is -2.35. The predicted molar refractivity (Wildman–Crippen MR) is 97.9 cm³/mol. The van der Waals surface area contributed by atoms with E-state index >= 15 is 0 Å². The van der Waals surface area contributed by atoms with Gasteiger partial charge in [0.05, 0.1) is 11.4 Å². The van der Waals surface area contributed by atoms with Crippen LogP contribution in [0, 0.1) is 6.92 Å². The lowest BCUT2D eigenvalue weighted by Crippen LogP contribution is -2.51. The van der Waals surface area contributed by atoms with Crippen LogP contribution >= 0.6 is 0 Å². The molecule has 26 heavy (non-hydrogen) atoms. The molecule has 140 valence electrons. The molecule has 6 nitrogen and oxygen atoms in total. The van der Waals surface area contributed by atoms with Crippen molar-refractivity contribution < 1.29 is 17.6 Å². The van der Waals surface area contributed by atoms with Crippen molar-refractivity contribution in [3.05, 3.63) is 54.0 Å². The van der Waals surface area contributed by atoms with Crippen molar-refractivity contribution in [2.75, 3.05) is 13.6 Å². The molecule has 0 N–H and O–H groups in total. The predicted octanol–water partition coefficient (Wildman–Crippen LogP) is 2.79. The molecule has 1 unspecified atom stereocenters. The molecule has 0 spiro atoms. The molecule has 1 amide bonds. The van der Waals surface area contributed by atoms with Crippen LogP contribution in [0.5, 0.6) is 0 Å². The van der Waals surface area contributed by atoms with Gasteiger partial charge in [0.25, 0.3) is 0 Å². The van der Waals surface area contributed by atoms with Gasteiger partial charge in [0.2, 0.25) is 15.9 Å². The zero-order valence-corrected chi connectivity index (χ0v) is 15.9. The summed E-state index contributed by atoms with van der Waals surface area (Å²) in [4.78, 5) is 14.7. The Morgan fingerprint density at radius 1 is 1.19 bits per heavy atom. The Morgan fingerprint density at radius 2 is 1.92 bits per heavy atom. The van der Waals surface area contributed by atoms with Gasteiger partial charge in [-0.25, -0.2) is 8.42 Å². The van der Waals surface area contributed by atoms with Gasteiger partial charge in [-0.1, -0.05) is 24.6 Å². The molecule has 7 heteroatoms. The minimum absolute atomic E-state index is 0.196. The minimum Gasteiger partial charge on any atom is -0.464 e. The summed E-state index contributed by atoms with van der Waals surface area (Å²) in [5.41, 5.74) is 0. The summed E-state index contributed by atoms with van der Waals surface area (Å²) >= 11 is 0. The Kier molecular flexibility index (Phi) is 5.48. The highest BCUT2D eigenvalue weighted by molar-refractivity contribution is 7.89. The summed E-state index contributed by atoms with van der Waals surface area (Å²) < 4.78 is 32.9. The van der Waals surface area contributed by atoms with Crippen LogP contribution in [0.3, 0.4) is 0 Å². The third kappa shape index (κ3) is 3.83. The zero-order valence-electron chi connectivity index (χ0n) is 15.1. The molecular formula is C19H24N2O4S. The van der Waals surface area contributed by atoms with E-state index in [1.807, 2.05) is 19.1 Å². The van der Waals surface area contributed by atoms with Crippen LogP contribution < -0.4 is 0 Å². The van der Waals surface area contributed by atoms with Gasteiger partial charge in [-0.05, 0) is 44.0 Å². The number of likely N-dealkylation sites (N-methyl/N-ethyl adjacent to an activating group) is 1. The third-order valence-corrected chi connectivity index (χ3v) is 6.58. The third-order valence-electron chi connectivity index (χ3n) is 4.65. The highest BCUT2D eigenvalue weighted by atomic mass is 32.2. The molecule has 2 aromatic rings. The molecular weight excluding hydrogens is 352 g/mol. The minimum atomic E-state index is -3.70. The van der Waals surface area contributed by atoms with Crippen LogP contribution in [0.15, 0.2) is 51.8 Å². The van der Waals surface area contributed by atoms with Crippen molar-refractivity contribution in [2.45, 2.75) is 43.7 Å². The van der Waals surface area contributed by atoms with Gasteiger partial charge in [0.15, 0.2) is 0 Å².